The first-order valence-corrected chi connectivity index (χ1v) is 7.82. The fourth-order valence-corrected chi connectivity index (χ4v) is 3.59. The highest BCUT2D eigenvalue weighted by molar-refractivity contribution is 7.89. The molecule has 2 rings (SSSR count). The Hall–Kier alpha value is -1.49. The van der Waals surface area contributed by atoms with Crippen molar-refractivity contribution in [1.82, 2.24) is 9.62 Å². The van der Waals surface area contributed by atoms with Crippen LogP contribution in [0.2, 0.25) is 0 Å². The van der Waals surface area contributed by atoms with Gasteiger partial charge in [-0.15, -0.1) is 0 Å². The molecule has 7 heteroatoms. The number of hydrogen-bond acceptors (Lipinski definition) is 4. The van der Waals surface area contributed by atoms with Crippen LogP contribution in [-0.4, -0.2) is 39.5 Å². The van der Waals surface area contributed by atoms with Crippen molar-refractivity contribution in [3.05, 3.63) is 29.6 Å². The summed E-state index contributed by atoms with van der Waals surface area (Å²) in [6.45, 7) is 1.20. The first-order chi connectivity index (χ1) is 9.45. The molecular weight excluding hydrogens is 281 g/mol. The van der Waals surface area contributed by atoms with Crippen LogP contribution in [0.3, 0.4) is 0 Å². The van der Waals surface area contributed by atoms with Gasteiger partial charge in [0.1, 0.15) is 22.3 Å². The maximum absolute atomic E-state index is 13.5. The number of hydrogen-bond donors (Lipinski definition) is 1. The average molecular weight is 297 g/mol. The molecule has 0 aliphatic carbocycles. The summed E-state index contributed by atoms with van der Waals surface area (Å²) >= 11 is 0. The average Bonchev–Trinajstić information content (AvgIpc) is 2.82. The molecule has 0 amide bonds. The predicted octanol–water partition coefficient (Wildman–Crippen LogP) is 1.07. The third-order valence-electron chi connectivity index (χ3n) is 3.56. The second-order valence-corrected chi connectivity index (χ2v) is 6.59. The van der Waals surface area contributed by atoms with Crippen molar-refractivity contribution in [3.63, 3.8) is 0 Å². The third kappa shape index (κ3) is 2.98. The Labute approximate surface area is 118 Å². The van der Waals surface area contributed by atoms with Crippen LogP contribution in [0.15, 0.2) is 23.1 Å². The van der Waals surface area contributed by atoms with Gasteiger partial charge in [0.15, 0.2) is 0 Å². The van der Waals surface area contributed by atoms with Gasteiger partial charge in [-0.3, -0.25) is 0 Å². The Morgan fingerprint density at radius 2 is 2.30 bits per heavy atom. The SMILES string of the molecule is CN1CCCC1CNS(=O)(=O)c1cccc(F)c1C#N. The molecule has 108 valence electrons. The van der Waals surface area contributed by atoms with Gasteiger partial charge in [0, 0.05) is 12.6 Å². The summed E-state index contributed by atoms with van der Waals surface area (Å²) in [5.41, 5.74) is -0.445. The van der Waals surface area contributed by atoms with Gasteiger partial charge in [0.25, 0.3) is 0 Å². The summed E-state index contributed by atoms with van der Waals surface area (Å²) in [5, 5.41) is 8.89. The smallest absolute Gasteiger partial charge is 0.242 e. The van der Waals surface area contributed by atoms with Crippen LogP contribution in [-0.2, 0) is 10.0 Å². The van der Waals surface area contributed by atoms with Gasteiger partial charge in [0.2, 0.25) is 10.0 Å². The Morgan fingerprint density at radius 1 is 1.55 bits per heavy atom. The highest BCUT2D eigenvalue weighted by atomic mass is 32.2. The van der Waals surface area contributed by atoms with Crippen LogP contribution < -0.4 is 4.72 Å². The van der Waals surface area contributed by atoms with Crippen molar-refractivity contribution >= 4 is 10.0 Å². The van der Waals surface area contributed by atoms with E-state index in [0.717, 1.165) is 25.5 Å². The van der Waals surface area contributed by atoms with Gasteiger partial charge in [0.05, 0.1) is 0 Å². The number of rotatable bonds is 4. The van der Waals surface area contributed by atoms with E-state index in [0.29, 0.717) is 0 Å². The summed E-state index contributed by atoms with van der Waals surface area (Å²) in [4.78, 5) is 1.78. The summed E-state index contributed by atoms with van der Waals surface area (Å²) in [6.07, 6.45) is 1.96. The lowest BCUT2D eigenvalue weighted by molar-refractivity contribution is 0.311. The molecular formula is C13H16FN3O2S. The molecule has 1 aromatic carbocycles. The van der Waals surface area contributed by atoms with Crippen LogP contribution in [0.25, 0.3) is 0 Å². The molecule has 1 aliphatic rings. The fraction of sp³-hybridized carbons (Fsp3) is 0.462. The van der Waals surface area contributed by atoms with E-state index in [1.54, 1.807) is 6.07 Å². The van der Waals surface area contributed by atoms with Crippen molar-refractivity contribution in [2.45, 2.75) is 23.8 Å². The first kappa shape index (κ1) is 14.9. The fourth-order valence-electron chi connectivity index (χ4n) is 2.36. The minimum atomic E-state index is -3.88. The molecule has 5 nitrogen and oxygen atoms in total. The van der Waals surface area contributed by atoms with Gasteiger partial charge in [-0.1, -0.05) is 6.07 Å². The highest BCUT2D eigenvalue weighted by Gasteiger charge is 2.25. The summed E-state index contributed by atoms with van der Waals surface area (Å²) in [5.74, 6) is -0.826. The zero-order chi connectivity index (χ0) is 14.8. The highest BCUT2D eigenvalue weighted by Crippen LogP contribution is 2.19. The topological polar surface area (TPSA) is 73.2 Å². The molecule has 0 radical (unpaired) electrons. The second kappa shape index (κ2) is 5.87. The molecule has 0 saturated carbocycles. The Kier molecular flexibility index (Phi) is 4.38. The van der Waals surface area contributed by atoms with Crippen molar-refractivity contribution in [3.8, 4) is 6.07 Å². The van der Waals surface area contributed by atoms with Crippen LogP contribution in [0, 0.1) is 17.1 Å². The van der Waals surface area contributed by atoms with Crippen molar-refractivity contribution in [2.24, 2.45) is 0 Å². The lowest BCUT2D eigenvalue weighted by Crippen LogP contribution is -2.38. The second-order valence-electron chi connectivity index (χ2n) is 4.85. The minimum absolute atomic E-state index is 0.142. The number of likely N-dealkylation sites (N-methyl/N-ethyl adjacent to an activating group) is 1. The molecule has 1 unspecified atom stereocenters. The van der Waals surface area contributed by atoms with E-state index >= 15 is 0 Å². The van der Waals surface area contributed by atoms with E-state index in [9.17, 15) is 12.8 Å². The van der Waals surface area contributed by atoms with E-state index in [4.69, 9.17) is 5.26 Å². The Balaban J connectivity index is 2.19. The maximum atomic E-state index is 13.5. The number of sulfonamides is 1. The predicted molar refractivity (Wildman–Crippen MR) is 72.0 cm³/mol. The number of benzene rings is 1. The molecule has 1 atom stereocenters. The minimum Gasteiger partial charge on any atom is -0.302 e. The zero-order valence-electron chi connectivity index (χ0n) is 11.1. The zero-order valence-corrected chi connectivity index (χ0v) is 12.0. The molecule has 0 bridgehead atoms. The number of nitriles is 1. The Morgan fingerprint density at radius 3 is 2.90 bits per heavy atom. The van der Waals surface area contributed by atoms with Gasteiger partial charge >= 0.3 is 0 Å². The normalized spacial score (nSPS) is 19.9. The van der Waals surface area contributed by atoms with Gasteiger partial charge in [-0.2, -0.15) is 5.26 Å². The van der Waals surface area contributed by atoms with E-state index in [2.05, 4.69) is 9.62 Å². The molecule has 1 heterocycles. The van der Waals surface area contributed by atoms with Crippen LogP contribution in [0.1, 0.15) is 18.4 Å². The van der Waals surface area contributed by atoms with E-state index in [-0.39, 0.29) is 17.5 Å². The van der Waals surface area contributed by atoms with E-state index < -0.39 is 21.4 Å². The maximum Gasteiger partial charge on any atom is 0.242 e. The lowest BCUT2D eigenvalue weighted by atomic mass is 10.2. The number of halogens is 1. The largest absolute Gasteiger partial charge is 0.302 e. The third-order valence-corrected chi connectivity index (χ3v) is 5.02. The van der Waals surface area contributed by atoms with Crippen LogP contribution in [0.4, 0.5) is 4.39 Å². The van der Waals surface area contributed by atoms with Crippen LogP contribution in [0.5, 0.6) is 0 Å². The standard InChI is InChI=1S/C13H16FN3O2S/c1-17-7-3-4-10(17)9-16-20(18,19)13-6-2-5-12(14)11(13)8-15/h2,5-6,10,16H,3-4,7,9H2,1H3. The van der Waals surface area contributed by atoms with Gasteiger partial charge < -0.3 is 4.90 Å². The first-order valence-electron chi connectivity index (χ1n) is 6.34. The molecule has 1 aromatic rings. The van der Waals surface area contributed by atoms with E-state index in [1.807, 2.05) is 7.05 Å². The monoisotopic (exact) mass is 297 g/mol. The molecule has 1 fully saturated rings. The summed E-state index contributed by atoms with van der Waals surface area (Å²) in [7, 11) is -1.94. The lowest BCUT2D eigenvalue weighted by Gasteiger charge is -2.19. The molecule has 1 aliphatic heterocycles. The van der Waals surface area contributed by atoms with Crippen molar-refractivity contribution < 1.29 is 12.8 Å². The summed E-state index contributed by atoms with van der Waals surface area (Å²) < 4.78 is 40.3. The molecule has 20 heavy (non-hydrogen) atoms. The number of likely N-dealkylation sites (tertiary alicyclic amines) is 1. The summed E-state index contributed by atoms with van der Waals surface area (Å²) in [6, 6.07) is 5.34. The van der Waals surface area contributed by atoms with Crippen molar-refractivity contribution in [1.29, 1.82) is 5.26 Å². The van der Waals surface area contributed by atoms with Gasteiger partial charge in [-0.25, -0.2) is 17.5 Å². The number of nitrogens with one attached hydrogen (secondary N) is 1. The number of nitrogens with zero attached hydrogens (tertiary/aromatic N) is 2. The molecule has 0 aromatic heterocycles. The van der Waals surface area contributed by atoms with Gasteiger partial charge in [-0.05, 0) is 38.6 Å². The Bertz CT molecular complexity index is 640. The molecule has 0 spiro atoms. The quantitative estimate of drug-likeness (QED) is 0.902. The van der Waals surface area contributed by atoms with Crippen molar-refractivity contribution in [2.75, 3.05) is 20.1 Å². The van der Waals surface area contributed by atoms with E-state index in [1.165, 1.54) is 12.1 Å². The molecule has 1 N–H and O–H groups in total. The molecule has 1 saturated heterocycles. The van der Waals surface area contributed by atoms with Crippen LogP contribution >= 0.6 is 0 Å².